The van der Waals surface area contributed by atoms with Gasteiger partial charge in [0, 0.05) is 34.4 Å². The predicted octanol–water partition coefficient (Wildman–Crippen LogP) is 3.30. The van der Waals surface area contributed by atoms with E-state index in [1.165, 1.54) is 7.11 Å². The van der Waals surface area contributed by atoms with Gasteiger partial charge in [0.15, 0.2) is 5.78 Å². The van der Waals surface area contributed by atoms with Crippen molar-refractivity contribution in [3.8, 4) is 5.75 Å². The summed E-state index contributed by atoms with van der Waals surface area (Å²) >= 11 is 0. The first-order valence-electron chi connectivity index (χ1n) is 6.66. The number of rotatable bonds is 3. The molecule has 0 spiro atoms. The van der Waals surface area contributed by atoms with Crippen LogP contribution in [0.4, 0.5) is 5.69 Å². The second-order valence-corrected chi connectivity index (χ2v) is 5.04. The summed E-state index contributed by atoms with van der Waals surface area (Å²) in [7, 11) is 1.53. The molecule has 0 bridgehead atoms. The normalized spacial score (nSPS) is 10.8. The molecule has 0 fully saturated rings. The summed E-state index contributed by atoms with van der Waals surface area (Å²) in [5.41, 5.74) is 9.54. The van der Waals surface area contributed by atoms with Gasteiger partial charge in [0.1, 0.15) is 5.75 Å². The molecule has 0 aliphatic carbocycles. The molecular formula is C17H16N2O2. The molecule has 0 radical (unpaired) electrons. The van der Waals surface area contributed by atoms with Gasteiger partial charge in [0.2, 0.25) is 0 Å². The van der Waals surface area contributed by atoms with E-state index < -0.39 is 0 Å². The van der Waals surface area contributed by atoms with Crippen LogP contribution in [0.1, 0.15) is 21.5 Å². The summed E-state index contributed by atoms with van der Waals surface area (Å²) in [6.45, 7) is 2.02. The number of methoxy groups -OCH3 is 1. The molecule has 0 atom stereocenters. The number of benzene rings is 2. The summed E-state index contributed by atoms with van der Waals surface area (Å²) < 4.78 is 5.27. The lowest BCUT2D eigenvalue weighted by atomic mass is 10.0. The van der Waals surface area contributed by atoms with E-state index in [1.807, 2.05) is 25.1 Å². The van der Waals surface area contributed by atoms with Gasteiger partial charge in [-0.05, 0) is 30.7 Å². The molecule has 21 heavy (non-hydrogen) atoms. The van der Waals surface area contributed by atoms with E-state index in [1.54, 1.807) is 24.4 Å². The number of aromatic amines is 1. The zero-order chi connectivity index (χ0) is 15.0. The number of carbonyl (C=O) groups excluding carboxylic acids is 1. The minimum atomic E-state index is -0.0815. The Hall–Kier alpha value is -2.75. The highest BCUT2D eigenvalue weighted by atomic mass is 16.5. The highest BCUT2D eigenvalue weighted by Gasteiger charge is 2.18. The minimum absolute atomic E-state index is 0.0815. The molecule has 3 rings (SSSR count). The number of nitrogens with two attached hydrogens (primary N) is 1. The molecule has 3 aromatic rings. The summed E-state index contributed by atoms with van der Waals surface area (Å²) in [6, 6.07) is 11.0. The number of anilines is 1. The number of nitrogen functional groups attached to an aromatic ring is 1. The van der Waals surface area contributed by atoms with Gasteiger partial charge in [-0.15, -0.1) is 0 Å². The number of hydrogen-bond acceptors (Lipinski definition) is 3. The Bertz CT molecular complexity index is 834. The van der Waals surface area contributed by atoms with Gasteiger partial charge >= 0.3 is 0 Å². The molecule has 0 aliphatic heterocycles. The monoisotopic (exact) mass is 280 g/mol. The SMILES string of the molecule is COc1cc(N)ccc1C(=O)c1c[nH]c2cc(C)ccc12. The second kappa shape index (κ2) is 4.98. The van der Waals surface area contributed by atoms with E-state index in [4.69, 9.17) is 10.5 Å². The molecule has 0 amide bonds. The van der Waals surface area contributed by atoms with Crippen LogP contribution in [0.25, 0.3) is 10.9 Å². The third-order valence-electron chi connectivity index (χ3n) is 3.55. The molecule has 4 heteroatoms. The summed E-state index contributed by atoms with van der Waals surface area (Å²) in [4.78, 5) is 15.9. The Morgan fingerprint density at radius 2 is 1.95 bits per heavy atom. The van der Waals surface area contributed by atoms with Crippen molar-refractivity contribution in [2.24, 2.45) is 0 Å². The van der Waals surface area contributed by atoms with Crippen molar-refractivity contribution in [3.63, 3.8) is 0 Å². The number of aryl methyl sites for hydroxylation is 1. The number of fused-ring (bicyclic) bond motifs is 1. The molecule has 3 N–H and O–H groups in total. The van der Waals surface area contributed by atoms with Crippen LogP contribution in [0.2, 0.25) is 0 Å². The first-order valence-corrected chi connectivity index (χ1v) is 6.66. The second-order valence-electron chi connectivity index (χ2n) is 5.04. The first-order chi connectivity index (χ1) is 10.1. The zero-order valence-electron chi connectivity index (χ0n) is 11.9. The van der Waals surface area contributed by atoms with Crippen LogP contribution in [-0.2, 0) is 0 Å². The number of nitrogens with one attached hydrogen (secondary N) is 1. The molecule has 1 aromatic heterocycles. The van der Waals surface area contributed by atoms with E-state index in [0.29, 0.717) is 22.6 Å². The van der Waals surface area contributed by atoms with E-state index in [9.17, 15) is 4.79 Å². The fraction of sp³-hybridized carbons (Fsp3) is 0.118. The van der Waals surface area contributed by atoms with Crippen LogP contribution in [-0.4, -0.2) is 17.9 Å². The van der Waals surface area contributed by atoms with Gasteiger partial charge in [-0.2, -0.15) is 0 Å². The van der Waals surface area contributed by atoms with Crippen molar-refractivity contribution in [1.82, 2.24) is 4.98 Å². The third kappa shape index (κ3) is 2.25. The summed E-state index contributed by atoms with van der Waals surface area (Å²) in [6.07, 6.45) is 1.74. The van der Waals surface area contributed by atoms with Crippen molar-refractivity contribution < 1.29 is 9.53 Å². The molecule has 4 nitrogen and oxygen atoms in total. The maximum atomic E-state index is 12.8. The van der Waals surface area contributed by atoms with Gasteiger partial charge in [-0.3, -0.25) is 4.79 Å². The van der Waals surface area contributed by atoms with E-state index in [0.717, 1.165) is 16.5 Å². The zero-order valence-corrected chi connectivity index (χ0v) is 11.9. The first kappa shape index (κ1) is 13.2. The smallest absolute Gasteiger partial charge is 0.198 e. The largest absolute Gasteiger partial charge is 0.496 e. The topological polar surface area (TPSA) is 68.1 Å². The molecule has 2 aromatic carbocycles. The Labute approximate surface area is 122 Å². The lowest BCUT2D eigenvalue weighted by Gasteiger charge is -2.08. The van der Waals surface area contributed by atoms with Crippen molar-refractivity contribution in [2.45, 2.75) is 6.92 Å². The van der Waals surface area contributed by atoms with Crippen molar-refractivity contribution in [2.75, 3.05) is 12.8 Å². The molecule has 0 unspecified atom stereocenters. The highest BCUT2D eigenvalue weighted by Crippen LogP contribution is 2.27. The van der Waals surface area contributed by atoms with Crippen LogP contribution in [0.5, 0.6) is 5.75 Å². The highest BCUT2D eigenvalue weighted by molar-refractivity contribution is 6.17. The van der Waals surface area contributed by atoms with Gasteiger partial charge in [0.05, 0.1) is 12.7 Å². The van der Waals surface area contributed by atoms with Gasteiger partial charge in [0.25, 0.3) is 0 Å². The Kier molecular flexibility index (Phi) is 3.14. The van der Waals surface area contributed by atoms with Crippen LogP contribution >= 0.6 is 0 Å². The third-order valence-corrected chi connectivity index (χ3v) is 3.55. The maximum absolute atomic E-state index is 12.8. The molecule has 0 saturated carbocycles. The van der Waals surface area contributed by atoms with Gasteiger partial charge in [-0.25, -0.2) is 0 Å². The fourth-order valence-corrected chi connectivity index (χ4v) is 2.47. The fourth-order valence-electron chi connectivity index (χ4n) is 2.47. The molecule has 0 saturated heterocycles. The standard InChI is InChI=1S/C17H16N2O2/c1-10-3-5-12-14(9-19-15(12)7-10)17(20)13-6-4-11(18)8-16(13)21-2/h3-9,19H,18H2,1-2H3. The minimum Gasteiger partial charge on any atom is -0.496 e. The van der Waals surface area contributed by atoms with Gasteiger partial charge in [-0.1, -0.05) is 12.1 Å². The van der Waals surface area contributed by atoms with Crippen molar-refractivity contribution in [3.05, 3.63) is 59.3 Å². The van der Waals surface area contributed by atoms with Crippen LogP contribution in [0.15, 0.2) is 42.6 Å². The maximum Gasteiger partial charge on any atom is 0.198 e. The summed E-state index contributed by atoms with van der Waals surface area (Å²) in [5.74, 6) is 0.406. The number of ether oxygens (including phenoxy) is 1. The number of carbonyl (C=O) groups is 1. The number of aromatic nitrogens is 1. The molecule has 0 aliphatic rings. The van der Waals surface area contributed by atoms with E-state index in [-0.39, 0.29) is 5.78 Å². The number of hydrogen-bond donors (Lipinski definition) is 2. The van der Waals surface area contributed by atoms with Crippen LogP contribution < -0.4 is 10.5 Å². The van der Waals surface area contributed by atoms with E-state index >= 15 is 0 Å². The van der Waals surface area contributed by atoms with Gasteiger partial charge < -0.3 is 15.5 Å². The van der Waals surface area contributed by atoms with Crippen molar-refractivity contribution >= 4 is 22.4 Å². The molecule has 1 heterocycles. The average molecular weight is 280 g/mol. The predicted molar refractivity (Wildman–Crippen MR) is 83.9 cm³/mol. The Morgan fingerprint density at radius 3 is 2.71 bits per heavy atom. The average Bonchev–Trinajstić information content (AvgIpc) is 2.89. The lowest BCUT2D eigenvalue weighted by Crippen LogP contribution is -2.04. The summed E-state index contributed by atoms with van der Waals surface area (Å²) in [5, 5.41) is 0.907. The number of ketones is 1. The van der Waals surface area contributed by atoms with Crippen LogP contribution in [0.3, 0.4) is 0 Å². The molecular weight excluding hydrogens is 264 g/mol. The quantitative estimate of drug-likeness (QED) is 0.571. The van der Waals surface area contributed by atoms with Crippen molar-refractivity contribution in [1.29, 1.82) is 0 Å². The van der Waals surface area contributed by atoms with E-state index in [2.05, 4.69) is 4.98 Å². The number of H-pyrrole nitrogens is 1. The lowest BCUT2D eigenvalue weighted by molar-refractivity contribution is 0.103. The molecule has 106 valence electrons. The van der Waals surface area contributed by atoms with Crippen LogP contribution in [0, 0.1) is 6.92 Å². The Balaban J connectivity index is 2.13. The Morgan fingerprint density at radius 1 is 1.14 bits per heavy atom.